The van der Waals surface area contributed by atoms with Crippen molar-refractivity contribution < 1.29 is 18.3 Å². The van der Waals surface area contributed by atoms with Gasteiger partial charge in [0.2, 0.25) is 0 Å². The lowest BCUT2D eigenvalue weighted by molar-refractivity contribution is 0.101. The first-order valence-electron chi connectivity index (χ1n) is 7.09. The van der Waals surface area contributed by atoms with Gasteiger partial charge < -0.3 is 9.15 Å². The van der Waals surface area contributed by atoms with Gasteiger partial charge in [-0.2, -0.15) is 0 Å². The number of benzene rings is 2. The van der Waals surface area contributed by atoms with Crippen molar-refractivity contribution in [2.24, 2.45) is 0 Å². The molecule has 24 heavy (non-hydrogen) atoms. The SMILES string of the molecule is CC(=O)c1cc2ccc(OCc3ccc(F)cc3Cl)cc2oc1=O. The highest BCUT2D eigenvalue weighted by Gasteiger charge is 2.10. The number of rotatable bonds is 4. The van der Waals surface area contributed by atoms with Crippen molar-refractivity contribution in [3.05, 3.63) is 74.9 Å². The predicted molar refractivity (Wildman–Crippen MR) is 88.2 cm³/mol. The number of Topliss-reactive ketones (excluding diaryl/α,β-unsaturated/α-hetero) is 1. The van der Waals surface area contributed by atoms with Crippen LogP contribution in [-0.2, 0) is 6.61 Å². The van der Waals surface area contributed by atoms with E-state index in [-0.39, 0.29) is 23.0 Å². The molecule has 1 aromatic heterocycles. The van der Waals surface area contributed by atoms with Crippen molar-refractivity contribution in [2.75, 3.05) is 0 Å². The summed E-state index contributed by atoms with van der Waals surface area (Å²) < 4.78 is 23.8. The van der Waals surface area contributed by atoms with Crippen molar-refractivity contribution in [3.8, 4) is 5.75 Å². The Labute approximate surface area is 141 Å². The smallest absolute Gasteiger partial charge is 0.347 e. The van der Waals surface area contributed by atoms with Gasteiger partial charge in [0.05, 0.1) is 5.02 Å². The molecule has 0 amide bonds. The van der Waals surface area contributed by atoms with Crippen LogP contribution in [0.25, 0.3) is 11.0 Å². The molecule has 0 radical (unpaired) electrons. The molecule has 0 fully saturated rings. The van der Waals surface area contributed by atoms with Crippen LogP contribution in [0.15, 0.2) is 51.7 Å². The Balaban J connectivity index is 1.87. The molecule has 0 saturated carbocycles. The molecule has 0 aliphatic heterocycles. The fourth-order valence-electron chi connectivity index (χ4n) is 2.23. The van der Waals surface area contributed by atoms with Gasteiger partial charge in [-0.3, -0.25) is 4.79 Å². The van der Waals surface area contributed by atoms with Crippen LogP contribution in [0.5, 0.6) is 5.75 Å². The summed E-state index contributed by atoms with van der Waals surface area (Å²) in [6, 6.07) is 10.5. The van der Waals surface area contributed by atoms with E-state index in [0.29, 0.717) is 22.3 Å². The molecule has 0 unspecified atom stereocenters. The maximum absolute atomic E-state index is 13.0. The Morgan fingerprint density at radius 2 is 2.00 bits per heavy atom. The Kier molecular flexibility index (Phi) is 4.36. The zero-order valence-electron chi connectivity index (χ0n) is 12.6. The van der Waals surface area contributed by atoms with E-state index in [1.807, 2.05) is 0 Å². The number of fused-ring (bicyclic) bond motifs is 1. The van der Waals surface area contributed by atoms with E-state index in [9.17, 15) is 14.0 Å². The number of hydrogen-bond acceptors (Lipinski definition) is 4. The molecule has 6 heteroatoms. The fourth-order valence-corrected chi connectivity index (χ4v) is 2.45. The van der Waals surface area contributed by atoms with Crippen LogP contribution in [-0.4, -0.2) is 5.78 Å². The van der Waals surface area contributed by atoms with Gasteiger partial charge in [-0.25, -0.2) is 9.18 Å². The van der Waals surface area contributed by atoms with Crippen molar-refractivity contribution in [1.29, 1.82) is 0 Å². The maximum atomic E-state index is 13.0. The lowest BCUT2D eigenvalue weighted by Crippen LogP contribution is -2.10. The molecule has 0 saturated heterocycles. The summed E-state index contributed by atoms with van der Waals surface area (Å²) in [6.45, 7) is 1.45. The molecule has 2 aromatic carbocycles. The van der Waals surface area contributed by atoms with Gasteiger partial charge in [0.15, 0.2) is 5.78 Å². The normalized spacial score (nSPS) is 10.8. The zero-order chi connectivity index (χ0) is 17.3. The summed E-state index contributed by atoms with van der Waals surface area (Å²) >= 11 is 5.95. The minimum Gasteiger partial charge on any atom is -0.489 e. The number of carbonyl (C=O) groups is 1. The fraction of sp³-hybridized carbons (Fsp3) is 0.111. The van der Waals surface area contributed by atoms with Gasteiger partial charge >= 0.3 is 5.63 Å². The predicted octanol–water partition coefficient (Wildman–Crippen LogP) is 4.37. The van der Waals surface area contributed by atoms with E-state index in [2.05, 4.69) is 0 Å². The summed E-state index contributed by atoms with van der Waals surface area (Å²) in [5, 5.41) is 0.889. The molecule has 3 rings (SSSR count). The van der Waals surface area contributed by atoms with Gasteiger partial charge in [-0.05, 0) is 37.3 Å². The van der Waals surface area contributed by atoms with Gasteiger partial charge in [0.25, 0.3) is 0 Å². The second-order valence-electron chi connectivity index (χ2n) is 5.23. The number of hydrogen-bond donors (Lipinski definition) is 0. The average molecular weight is 347 g/mol. The Morgan fingerprint density at radius 1 is 1.21 bits per heavy atom. The molecule has 0 spiro atoms. The van der Waals surface area contributed by atoms with Crippen LogP contribution in [0, 0.1) is 5.82 Å². The summed E-state index contributed by atoms with van der Waals surface area (Å²) in [6.07, 6.45) is 0. The number of halogens is 2. The summed E-state index contributed by atoms with van der Waals surface area (Å²) in [5.74, 6) is -0.309. The molecule has 0 aliphatic rings. The minimum absolute atomic E-state index is 0.00858. The zero-order valence-corrected chi connectivity index (χ0v) is 13.4. The Hall–Kier alpha value is -2.66. The summed E-state index contributed by atoms with van der Waals surface area (Å²) in [7, 11) is 0. The first kappa shape index (κ1) is 16.2. The van der Waals surface area contributed by atoms with Gasteiger partial charge in [0.1, 0.15) is 29.3 Å². The quantitative estimate of drug-likeness (QED) is 0.520. The first-order chi connectivity index (χ1) is 11.4. The van der Waals surface area contributed by atoms with Gasteiger partial charge in [-0.15, -0.1) is 0 Å². The molecule has 0 N–H and O–H groups in total. The van der Waals surface area contributed by atoms with Crippen molar-refractivity contribution in [3.63, 3.8) is 0 Å². The van der Waals surface area contributed by atoms with Crippen LogP contribution in [0.4, 0.5) is 4.39 Å². The molecule has 4 nitrogen and oxygen atoms in total. The molecule has 0 aliphatic carbocycles. The summed E-state index contributed by atoms with van der Waals surface area (Å²) in [4.78, 5) is 23.1. The van der Waals surface area contributed by atoms with Crippen LogP contribution in [0.3, 0.4) is 0 Å². The van der Waals surface area contributed by atoms with E-state index in [1.165, 1.54) is 31.2 Å². The molecular formula is C18H12ClFO4. The van der Waals surface area contributed by atoms with Crippen molar-refractivity contribution >= 4 is 28.4 Å². The highest BCUT2D eigenvalue weighted by Crippen LogP contribution is 2.23. The monoisotopic (exact) mass is 346 g/mol. The lowest BCUT2D eigenvalue weighted by Gasteiger charge is -2.08. The largest absolute Gasteiger partial charge is 0.489 e. The topological polar surface area (TPSA) is 56.5 Å². The molecule has 1 heterocycles. The van der Waals surface area contributed by atoms with Crippen molar-refractivity contribution in [2.45, 2.75) is 13.5 Å². The third-order valence-corrected chi connectivity index (χ3v) is 3.85. The highest BCUT2D eigenvalue weighted by molar-refractivity contribution is 6.31. The minimum atomic E-state index is -0.686. The molecule has 0 bridgehead atoms. The third kappa shape index (κ3) is 3.31. The Bertz CT molecular complexity index is 994. The number of ether oxygens (including phenoxy) is 1. The number of ketones is 1. The molecule has 3 aromatic rings. The van der Waals surface area contributed by atoms with Gasteiger partial charge in [0, 0.05) is 17.0 Å². The molecule has 122 valence electrons. The lowest BCUT2D eigenvalue weighted by atomic mass is 10.1. The highest BCUT2D eigenvalue weighted by atomic mass is 35.5. The number of carbonyl (C=O) groups excluding carboxylic acids is 1. The van der Waals surface area contributed by atoms with E-state index in [0.717, 1.165) is 0 Å². The van der Waals surface area contributed by atoms with E-state index in [4.69, 9.17) is 20.8 Å². The molecule has 0 atom stereocenters. The standard InChI is InChI=1S/C18H12ClFO4/c1-10(21)15-6-11-3-5-14(8-17(11)24-18(15)22)23-9-12-2-4-13(20)7-16(12)19/h2-8H,9H2,1H3. The van der Waals surface area contributed by atoms with Crippen LogP contribution in [0.2, 0.25) is 5.02 Å². The van der Waals surface area contributed by atoms with Crippen LogP contribution >= 0.6 is 11.6 Å². The van der Waals surface area contributed by atoms with Crippen LogP contribution < -0.4 is 10.4 Å². The second-order valence-corrected chi connectivity index (χ2v) is 5.63. The average Bonchev–Trinajstić information content (AvgIpc) is 2.53. The first-order valence-corrected chi connectivity index (χ1v) is 7.47. The van der Waals surface area contributed by atoms with E-state index in [1.54, 1.807) is 18.2 Å². The van der Waals surface area contributed by atoms with E-state index >= 15 is 0 Å². The molecular weight excluding hydrogens is 335 g/mol. The Morgan fingerprint density at radius 3 is 2.71 bits per heavy atom. The van der Waals surface area contributed by atoms with Gasteiger partial charge in [-0.1, -0.05) is 17.7 Å². The second kappa shape index (κ2) is 6.45. The third-order valence-electron chi connectivity index (χ3n) is 3.50. The summed E-state index contributed by atoms with van der Waals surface area (Å²) in [5.41, 5.74) is 0.266. The maximum Gasteiger partial charge on any atom is 0.347 e. The van der Waals surface area contributed by atoms with Crippen molar-refractivity contribution in [1.82, 2.24) is 0 Å². The van der Waals surface area contributed by atoms with E-state index < -0.39 is 11.4 Å². The van der Waals surface area contributed by atoms with Crippen LogP contribution in [0.1, 0.15) is 22.8 Å².